The number of hydrogen-bond donors (Lipinski definition) is 0. The molecule has 5 rings (SSSR count). The zero-order valence-corrected chi connectivity index (χ0v) is 22.9. The zero-order valence-electron chi connectivity index (χ0n) is 22.9. The molecule has 0 amide bonds. The molecule has 0 saturated carbocycles. The summed E-state index contributed by atoms with van der Waals surface area (Å²) in [4.78, 5) is 39.4. The molecule has 0 aliphatic carbocycles. The van der Waals surface area contributed by atoms with E-state index in [4.69, 9.17) is 19.7 Å². The summed E-state index contributed by atoms with van der Waals surface area (Å²) in [5.74, 6) is 2.75. The van der Waals surface area contributed by atoms with Crippen LogP contribution in [0, 0.1) is 0 Å². The zero-order chi connectivity index (χ0) is 27.0. The van der Waals surface area contributed by atoms with Crippen LogP contribution in [0.4, 0.5) is 11.8 Å². The van der Waals surface area contributed by atoms with Crippen LogP contribution < -0.4 is 9.80 Å². The van der Waals surface area contributed by atoms with E-state index in [1.165, 1.54) is 12.5 Å². The van der Waals surface area contributed by atoms with Crippen molar-refractivity contribution < 1.29 is 9.53 Å². The Morgan fingerprint density at radius 1 is 1.03 bits per heavy atom. The largest absolute Gasteiger partial charge is 0.378 e. The van der Waals surface area contributed by atoms with Gasteiger partial charge in [-0.15, -0.1) is 0 Å². The third-order valence-corrected chi connectivity index (χ3v) is 6.88. The highest BCUT2D eigenvalue weighted by Crippen LogP contribution is 2.30. The van der Waals surface area contributed by atoms with E-state index in [1.54, 1.807) is 12.4 Å². The molecule has 0 radical (unpaired) electrons. The van der Waals surface area contributed by atoms with Gasteiger partial charge in [0.25, 0.3) is 0 Å². The Morgan fingerprint density at radius 2 is 1.68 bits per heavy atom. The van der Waals surface area contributed by atoms with Gasteiger partial charge in [-0.3, -0.25) is 4.79 Å². The summed E-state index contributed by atoms with van der Waals surface area (Å²) in [5, 5.41) is 0. The highest BCUT2D eigenvalue weighted by molar-refractivity contribution is 5.93. The lowest BCUT2D eigenvalue weighted by Crippen LogP contribution is -2.37. The van der Waals surface area contributed by atoms with E-state index >= 15 is 0 Å². The Morgan fingerprint density at radius 3 is 2.29 bits per heavy atom. The van der Waals surface area contributed by atoms with Crippen LogP contribution in [0.15, 0.2) is 36.7 Å². The quantitative estimate of drug-likeness (QED) is 0.356. The molecule has 0 bridgehead atoms. The van der Waals surface area contributed by atoms with Crippen LogP contribution in [-0.4, -0.2) is 68.6 Å². The second-order valence-electron chi connectivity index (χ2n) is 10.7. The number of hydrogen-bond acceptors (Lipinski definition) is 9. The number of aryl methyl sites for hydroxylation is 1. The number of imidazole rings is 1. The van der Waals surface area contributed by atoms with Gasteiger partial charge in [-0.05, 0) is 17.9 Å². The molecular weight excluding hydrogens is 480 g/mol. The third-order valence-electron chi connectivity index (χ3n) is 6.88. The van der Waals surface area contributed by atoms with Crippen LogP contribution in [0.5, 0.6) is 0 Å². The molecule has 10 nitrogen and oxygen atoms in total. The van der Waals surface area contributed by atoms with Crippen LogP contribution in [0.3, 0.4) is 0 Å². The van der Waals surface area contributed by atoms with E-state index in [1.807, 2.05) is 23.6 Å². The summed E-state index contributed by atoms with van der Waals surface area (Å²) in [5.41, 5.74) is 4.32. The molecule has 3 aromatic heterocycles. The van der Waals surface area contributed by atoms with Crippen molar-refractivity contribution in [3.8, 4) is 11.4 Å². The second-order valence-corrected chi connectivity index (χ2v) is 10.7. The van der Waals surface area contributed by atoms with Gasteiger partial charge in [0.15, 0.2) is 28.6 Å². The number of ether oxygens (including phenoxy) is 1. The van der Waals surface area contributed by atoms with E-state index < -0.39 is 0 Å². The number of nitrogens with zero attached hydrogens (tertiary/aromatic N) is 8. The average molecular weight is 515 g/mol. The van der Waals surface area contributed by atoms with E-state index in [9.17, 15) is 4.79 Å². The molecule has 1 saturated heterocycles. The normalized spacial score (nSPS) is 14.2. The summed E-state index contributed by atoms with van der Waals surface area (Å²) in [6, 6.07) is 8.49. The first-order valence-corrected chi connectivity index (χ1v) is 12.8. The summed E-state index contributed by atoms with van der Waals surface area (Å²) in [6.45, 7) is 11.4. The van der Waals surface area contributed by atoms with Gasteiger partial charge in [-0.25, -0.2) is 24.9 Å². The Hall–Kier alpha value is -3.92. The number of rotatable bonds is 6. The predicted octanol–water partition coefficient (Wildman–Crippen LogP) is 3.79. The fourth-order valence-electron chi connectivity index (χ4n) is 4.46. The van der Waals surface area contributed by atoms with Gasteiger partial charge in [0.05, 0.1) is 25.3 Å². The van der Waals surface area contributed by atoms with Gasteiger partial charge in [-0.2, -0.15) is 0 Å². The first-order chi connectivity index (χ1) is 18.1. The Bertz CT molecular complexity index is 1450. The van der Waals surface area contributed by atoms with Crippen molar-refractivity contribution in [3.63, 3.8) is 0 Å². The van der Waals surface area contributed by atoms with Gasteiger partial charge in [0.1, 0.15) is 5.82 Å². The summed E-state index contributed by atoms with van der Waals surface area (Å²) in [6.07, 6.45) is 3.10. The van der Waals surface area contributed by atoms with E-state index in [2.05, 4.69) is 59.9 Å². The molecule has 0 spiro atoms. The molecule has 38 heavy (non-hydrogen) atoms. The monoisotopic (exact) mass is 514 g/mol. The number of fused-ring (bicyclic) bond motifs is 1. The minimum Gasteiger partial charge on any atom is -0.378 e. The molecule has 1 fully saturated rings. The molecule has 0 atom stereocenters. The van der Waals surface area contributed by atoms with Crippen molar-refractivity contribution in [2.24, 2.45) is 7.05 Å². The number of aromatic nitrogens is 6. The van der Waals surface area contributed by atoms with Crippen molar-refractivity contribution in [3.05, 3.63) is 53.6 Å². The number of anilines is 2. The molecule has 4 heterocycles. The van der Waals surface area contributed by atoms with Crippen LogP contribution in [-0.2, 0) is 23.7 Å². The van der Waals surface area contributed by atoms with Crippen LogP contribution in [0.25, 0.3) is 22.6 Å². The van der Waals surface area contributed by atoms with E-state index in [0.717, 1.165) is 41.5 Å². The van der Waals surface area contributed by atoms with Gasteiger partial charge >= 0.3 is 0 Å². The lowest BCUT2D eigenvalue weighted by Gasteiger charge is -2.28. The Balaban J connectivity index is 1.54. The number of benzene rings is 1. The maximum absolute atomic E-state index is 11.6. The SMILES string of the molecule is CC(=O)c1cnc(N(C)Cc2nc3c(N4CCOCC4)nc(-c4ccc(C(C)(C)C)cc4)nc3n2C)nc1. The molecule has 0 N–H and O–H groups in total. The fourth-order valence-corrected chi connectivity index (χ4v) is 4.46. The average Bonchev–Trinajstić information content (AvgIpc) is 3.23. The molecule has 10 heteroatoms. The highest BCUT2D eigenvalue weighted by Gasteiger charge is 2.23. The van der Waals surface area contributed by atoms with Crippen LogP contribution in [0.2, 0.25) is 0 Å². The second kappa shape index (κ2) is 10.1. The summed E-state index contributed by atoms with van der Waals surface area (Å²) >= 11 is 0. The van der Waals surface area contributed by atoms with Gasteiger partial charge in [-0.1, -0.05) is 45.0 Å². The third kappa shape index (κ3) is 5.08. The standard InChI is InChI=1S/C28H34N8O2/c1-18(37)20-15-29-27(30-16-20)34(5)17-22-31-23-25(35(22)6)32-24(33-26(23)36-11-13-38-14-12-36)19-7-9-21(10-8-19)28(2,3)4/h7-10,15-16H,11-14,17H2,1-6H3. The number of carbonyl (C=O) groups excluding carboxylic acids is 1. The molecular formula is C28H34N8O2. The molecule has 1 aliphatic rings. The first kappa shape index (κ1) is 25.7. The molecule has 4 aromatic rings. The van der Waals surface area contributed by atoms with Gasteiger partial charge in [0, 0.05) is 45.1 Å². The maximum atomic E-state index is 11.6. The number of Topliss-reactive ketones (excluding diaryl/α,β-unsaturated/α-hetero) is 1. The van der Waals surface area contributed by atoms with Crippen molar-refractivity contribution in [1.29, 1.82) is 0 Å². The molecule has 0 unspecified atom stereocenters. The molecule has 198 valence electrons. The predicted molar refractivity (Wildman–Crippen MR) is 148 cm³/mol. The van der Waals surface area contributed by atoms with E-state index in [-0.39, 0.29) is 11.2 Å². The Kier molecular flexibility index (Phi) is 6.83. The number of carbonyl (C=O) groups is 1. The topological polar surface area (TPSA) is 102 Å². The van der Waals surface area contributed by atoms with Crippen molar-refractivity contribution in [1.82, 2.24) is 29.5 Å². The van der Waals surface area contributed by atoms with Crippen LogP contribution >= 0.6 is 0 Å². The maximum Gasteiger partial charge on any atom is 0.225 e. The highest BCUT2D eigenvalue weighted by atomic mass is 16.5. The van der Waals surface area contributed by atoms with Crippen molar-refractivity contribution in [2.45, 2.75) is 39.7 Å². The minimum atomic E-state index is -0.0624. The first-order valence-electron chi connectivity index (χ1n) is 12.8. The van der Waals surface area contributed by atoms with Crippen molar-refractivity contribution in [2.75, 3.05) is 43.2 Å². The van der Waals surface area contributed by atoms with Crippen LogP contribution in [0.1, 0.15) is 49.4 Å². The minimum absolute atomic E-state index is 0.0624. The Labute approximate surface area is 222 Å². The summed E-state index contributed by atoms with van der Waals surface area (Å²) < 4.78 is 7.60. The smallest absolute Gasteiger partial charge is 0.225 e. The number of ketones is 1. The number of morpholine rings is 1. The molecule has 1 aliphatic heterocycles. The fraction of sp³-hybridized carbons (Fsp3) is 0.429. The molecule has 1 aromatic carbocycles. The van der Waals surface area contributed by atoms with Gasteiger partial charge in [0.2, 0.25) is 5.95 Å². The lowest BCUT2D eigenvalue weighted by atomic mass is 9.87. The van der Waals surface area contributed by atoms with Crippen molar-refractivity contribution >= 4 is 28.7 Å². The lowest BCUT2D eigenvalue weighted by molar-refractivity contribution is 0.101. The summed E-state index contributed by atoms with van der Waals surface area (Å²) in [7, 11) is 3.87. The van der Waals surface area contributed by atoms with E-state index in [0.29, 0.717) is 37.1 Å². The van der Waals surface area contributed by atoms with Gasteiger partial charge < -0.3 is 19.1 Å².